The molecule has 0 unspecified atom stereocenters. The van der Waals surface area contributed by atoms with E-state index in [0.717, 1.165) is 12.8 Å². The van der Waals surface area contributed by atoms with Crippen molar-refractivity contribution in [3.8, 4) is 6.07 Å². The third-order valence-electron chi connectivity index (χ3n) is 3.96. The zero-order chi connectivity index (χ0) is 16.9. The molecule has 0 bridgehead atoms. The molecule has 2 aromatic rings. The zero-order valence-corrected chi connectivity index (χ0v) is 13.2. The van der Waals surface area contributed by atoms with Gasteiger partial charge in [0.05, 0.1) is 5.56 Å². The zero-order valence-electron chi connectivity index (χ0n) is 13.2. The number of hydrogen-bond acceptors (Lipinski definition) is 7. The molecule has 24 heavy (non-hydrogen) atoms. The van der Waals surface area contributed by atoms with Gasteiger partial charge in [-0.1, -0.05) is 5.16 Å². The van der Waals surface area contributed by atoms with E-state index < -0.39 is 0 Å². The average Bonchev–Trinajstić information content (AvgIpc) is 3.06. The fourth-order valence-corrected chi connectivity index (χ4v) is 2.68. The van der Waals surface area contributed by atoms with Crippen LogP contribution in [0.5, 0.6) is 0 Å². The lowest BCUT2D eigenvalue weighted by Crippen LogP contribution is -2.36. The predicted molar refractivity (Wildman–Crippen MR) is 81.7 cm³/mol. The van der Waals surface area contributed by atoms with E-state index in [-0.39, 0.29) is 23.6 Å². The van der Waals surface area contributed by atoms with Crippen molar-refractivity contribution in [2.24, 2.45) is 5.92 Å². The molecule has 1 atom stereocenters. The first-order valence-corrected chi connectivity index (χ1v) is 7.72. The summed E-state index contributed by atoms with van der Waals surface area (Å²) < 4.78 is 10.7. The van der Waals surface area contributed by atoms with Crippen LogP contribution in [0.3, 0.4) is 0 Å². The van der Waals surface area contributed by atoms with Gasteiger partial charge in [-0.3, -0.25) is 4.79 Å². The predicted octanol–water partition coefficient (Wildman–Crippen LogP) is 1.54. The van der Waals surface area contributed by atoms with Crippen LogP contribution in [0.15, 0.2) is 22.9 Å². The SMILES string of the molecule is Cc1noc([C@@H](NC(=O)c2ccc(C#N)cn2)C2CCOCC2)n1. The monoisotopic (exact) mass is 327 g/mol. The first-order valence-electron chi connectivity index (χ1n) is 7.72. The molecule has 1 N–H and O–H groups in total. The molecule has 2 aromatic heterocycles. The molecule has 0 aromatic carbocycles. The van der Waals surface area contributed by atoms with Crippen LogP contribution in [0.1, 0.15) is 46.7 Å². The highest BCUT2D eigenvalue weighted by Gasteiger charge is 2.31. The van der Waals surface area contributed by atoms with Crippen molar-refractivity contribution in [3.05, 3.63) is 41.3 Å². The number of aromatic nitrogens is 3. The Hall–Kier alpha value is -2.79. The van der Waals surface area contributed by atoms with Crippen molar-refractivity contribution < 1.29 is 14.1 Å². The van der Waals surface area contributed by atoms with Gasteiger partial charge in [0.15, 0.2) is 5.82 Å². The number of nitriles is 1. The van der Waals surface area contributed by atoms with E-state index in [4.69, 9.17) is 14.5 Å². The fourth-order valence-electron chi connectivity index (χ4n) is 2.68. The number of rotatable bonds is 4. The van der Waals surface area contributed by atoms with E-state index in [1.807, 2.05) is 6.07 Å². The van der Waals surface area contributed by atoms with Gasteiger partial charge in [-0.15, -0.1) is 0 Å². The summed E-state index contributed by atoms with van der Waals surface area (Å²) in [5, 5.41) is 15.6. The normalized spacial score (nSPS) is 16.3. The standard InChI is InChI=1S/C16H17N5O3/c1-10-19-16(24-21-10)14(12-4-6-23-7-5-12)20-15(22)13-3-2-11(8-17)9-18-13/h2-3,9,12,14H,4-7H2,1H3,(H,20,22)/t14-/m0/s1. The van der Waals surface area contributed by atoms with Crippen LogP contribution in [0, 0.1) is 24.2 Å². The quantitative estimate of drug-likeness (QED) is 0.906. The van der Waals surface area contributed by atoms with E-state index in [1.54, 1.807) is 13.0 Å². The number of nitrogens with one attached hydrogen (secondary N) is 1. The summed E-state index contributed by atoms with van der Waals surface area (Å²) in [7, 11) is 0. The molecule has 1 fully saturated rings. The third kappa shape index (κ3) is 3.58. The smallest absolute Gasteiger partial charge is 0.270 e. The minimum absolute atomic E-state index is 0.154. The van der Waals surface area contributed by atoms with Gasteiger partial charge in [0.25, 0.3) is 5.91 Å². The number of carbonyl (C=O) groups excluding carboxylic acids is 1. The molecule has 0 radical (unpaired) electrons. The summed E-state index contributed by atoms with van der Waals surface area (Å²) in [6.45, 7) is 3.01. The van der Waals surface area contributed by atoms with Crippen LogP contribution >= 0.6 is 0 Å². The Bertz CT molecular complexity index is 744. The Kier molecular flexibility index (Phi) is 4.82. The fraction of sp³-hybridized carbons (Fsp3) is 0.438. The minimum Gasteiger partial charge on any atom is -0.381 e. The summed E-state index contributed by atoms with van der Waals surface area (Å²) in [6.07, 6.45) is 2.97. The number of nitrogens with zero attached hydrogens (tertiary/aromatic N) is 4. The first kappa shape index (κ1) is 16.1. The Balaban J connectivity index is 1.79. The van der Waals surface area contributed by atoms with Gasteiger partial charge >= 0.3 is 0 Å². The van der Waals surface area contributed by atoms with Gasteiger partial charge in [0.1, 0.15) is 17.8 Å². The highest BCUT2D eigenvalue weighted by molar-refractivity contribution is 5.92. The minimum atomic E-state index is -0.389. The second-order valence-electron chi connectivity index (χ2n) is 5.62. The van der Waals surface area contributed by atoms with Crippen LogP contribution in [0.25, 0.3) is 0 Å². The summed E-state index contributed by atoms with van der Waals surface area (Å²) in [6, 6.07) is 4.66. The van der Waals surface area contributed by atoms with E-state index in [0.29, 0.717) is 30.5 Å². The topological polar surface area (TPSA) is 114 Å². The third-order valence-corrected chi connectivity index (χ3v) is 3.96. The Labute approximate surface area is 138 Å². The van der Waals surface area contributed by atoms with Gasteiger partial charge in [0.2, 0.25) is 5.89 Å². The molecule has 3 heterocycles. The molecule has 1 saturated heterocycles. The maximum Gasteiger partial charge on any atom is 0.270 e. The van der Waals surface area contributed by atoms with Crippen LogP contribution in [-0.2, 0) is 4.74 Å². The lowest BCUT2D eigenvalue weighted by molar-refractivity contribution is 0.0467. The van der Waals surface area contributed by atoms with Crippen molar-refractivity contribution in [1.82, 2.24) is 20.4 Å². The molecule has 3 rings (SSSR count). The van der Waals surface area contributed by atoms with E-state index in [9.17, 15) is 4.79 Å². The van der Waals surface area contributed by atoms with Gasteiger partial charge in [-0.25, -0.2) is 4.98 Å². The number of pyridine rings is 1. The highest BCUT2D eigenvalue weighted by atomic mass is 16.5. The molecule has 0 aliphatic carbocycles. The summed E-state index contributed by atoms with van der Waals surface area (Å²) in [5.74, 6) is 0.724. The van der Waals surface area contributed by atoms with Crippen molar-refractivity contribution in [2.75, 3.05) is 13.2 Å². The van der Waals surface area contributed by atoms with Gasteiger partial charge in [0, 0.05) is 19.4 Å². The average molecular weight is 327 g/mol. The van der Waals surface area contributed by atoms with Crippen LogP contribution in [0.4, 0.5) is 0 Å². The Morgan fingerprint density at radius 2 is 2.21 bits per heavy atom. The largest absolute Gasteiger partial charge is 0.381 e. The van der Waals surface area contributed by atoms with Crippen LogP contribution in [0.2, 0.25) is 0 Å². The highest BCUT2D eigenvalue weighted by Crippen LogP contribution is 2.29. The molecule has 8 nitrogen and oxygen atoms in total. The van der Waals surface area contributed by atoms with Crippen molar-refractivity contribution in [2.45, 2.75) is 25.8 Å². The molecule has 1 aliphatic heterocycles. The molecular formula is C16H17N5O3. The second-order valence-corrected chi connectivity index (χ2v) is 5.62. The number of ether oxygens (including phenoxy) is 1. The summed E-state index contributed by atoms with van der Waals surface area (Å²) >= 11 is 0. The maximum absolute atomic E-state index is 12.5. The number of aryl methyl sites for hydroxylation is 1. The number of hydrogen-bond donors (Lipinski definition) is 1. The molecule has 1 amide bonds. The Morgan fingerprint density at radius 3 is 2.79 bits per heavy atom. The molecule has 0 saturated carbocycles. The molecule has 1 aliphatic rings. The van der Waals surface area contributed by atoms with Crippen LogP contribution < -0.4 is 5.32 Å². The lowest BCUT2D eigenvalue weighted by Gasteiger charge is -2.28. The van der Waals surface area contributed by atoms with Crippen molar-refractivity contribution >= 4 is 5.91 Å². The lowest BCUT2D eigenvalue weighted by atomic mass is 9.91. The van der Waals surface area contributed by atoms with Gasteiger partial charge in [-0.05, 0) is 37.8 Å². The summed E-state index contributed by atoms with van der Waals surface area (Å²) in [4.78, 5) is 20.8. The second kappa shape index (κ2) is 7.19. The maximum atomic E-state index is 12.5. The number of carbonyl (C=O) groups is 1. The van der Waals surface area contributed by atoms with Gasteiger partial charge < -0.3 is 14.6 Å². The molecule has 0 spiro atoms. The Morgan fingerprint density at radius 1 is 1.42 bits per heavy atom. The number of amides is 1. The van der Waals surface area contributed by atoms with Crippen molar-refractivity contribution in [3.63, 3.8) is 0 Å². The van der Waals surface area contributed by atoms with Gasteiger partial charge in [-0.2, -0.15) is 10.2 Å². The first-order chi connectivity index (χ1) is 11.7. The summed E-state index contributed by atoms with van der Waals surface area (Å²) in [5.41, 5.74) is 0.641. The van der Waals surface area contributed by atoms with E-state index in [2.05, 4.69) is 20.4 Å². The van der Waals surface area contributed by atoms with E-state index in [1.165, 1.54) is 12.3 Å². The molecule has 8 heteroatoms. The van der Waals surface area contributed by atoms with E-state index >= 15 is 0 Å². The molecular weight excluding hydrogens is 310 g/mol. The van der Waals surface area contributed by atoms with Crippen LogP contribution in [-0.4, -0.2) is 34.2 Å². The molecule has 124 valence electrons. The van der Waals surface area contributed by atoms with Crippen molar-refractivity contribution in [1.29, 1.82) is 5.26 Å².